The summed E-state index contributed by atoms with van der Waals surface area (Å²) in [6.45, 7) is 0. The fourth-order valence-corrected chi connectivity index (χ4v) is 1.53. The molecule has 0 unspecified atom stereocenters. The molecule has 0 saturated carbocycles. The van der Waals surface area contributed by atoms with Gasteiger partial charge in [-0.25, -0.2) is 9.97 Å². The minimum atomic E-state index is 0.487. The van der Waals surface area contributed by atoms with Crippen LogP contribution in [0.25, 0.3) is 22.4 Å². The van der Waals surface area contributed by atoms with E-state index in [0.29, 0.717) is 17.1 Å². The molecule has 0 amide bonds. The minimum absolute atomic E-state index is 0.487. The molecular formula is C11H6N6. The van der Waals surface area contributed by atoms with Crippen LogP contribution in [0.4, 0.5) is 0 Å². The number of hydrogen-bond donors (Lipinski definition) is 1. The average molecular weight is 222 g/mol. The number of benzene rings is 1. The molecule has 0 aliphatic carbocycles. The summed E-state index contributed by atoms with van der Waals surface area (Å²) in [4.78, 5) is 8.53. The van der Waals surface area contributed by atoms with Gasteiger partial charge in [-0.1, -0.05) is 5.21 Å². The lowest BCUT2D eigenvalue weighted by atomic mass is 10.2. The van der Waals surface area contributed by atoms with E-state index in [1.165, 1.54) is 0 Å². The highest BCUT2D eigenvalue weighted by Gasteiger charge is 2.05. The molecule has 0 atom stereocenters. The van der Waals surface area contributed by atoms with Crippen LogP contribution in [0.1, 0.15) is 5.56 Å². The molecule has 3 aromatic rings. The highest BCUT2D eigenvalue weighted by atomic mass is 15.3. The maximum Gasteiger partial charge on any atom is 0.182 e. The Morgan fingerprint density at radius 3 is 3.00 bits per heavy atom. The normalized spacial score (nSPS) is 10.3. The molecule has 80 valence electrons. The minimum Gasteiger partial charge on any atom is -0.265 e. The first-order chi connectivity index (χ1) is 8.36. The Morgan fingerprint density at radius 2 is 2.24 bits per heavy atom. The smallest absolute Gasteiger partial charge is 0.182 e. The van der Waals surface area contributed by atoms with Gasteiger partial charge in [0.1, 0.15) is 5.69 Å². The number of nitrogens with zero attached hydrogens (tertiary/aromatic N) is 5. The van der Waals surface area contributed by atoms with Crippen molar-refractivity contribution in [2.24, 2.45) is 0 Å². The Hall–Kier alpha value is -2.81. The number of hydrogen-bond acceptors (Lipinski definition) is 5. The number of rotatable bonds is 1. The first-order valence-corrected chi connectivity index (χ1v) is 4.90. The van der Waals surface area contributed by atoms with Gasteiger partial charge in [-0.05, 0) is 18.2 Å². The third kappa shape index (κ3) is 1.59. The van der Waals surface area contributed by atoms with Gasteiger partial charge < -0.3 is 0 Å². The molecule has 0 radical (unpaired) electrons. The van der Waals surface area contributed by atoms with Gasteiger partial charge in [-0.3, -0.25) is 5.10 Å². The van der Waals surface area contributed by atoms with E-state index < -0.39 is 0 Å². The van der Waals surface area contributed by atoms with Crippen LogP contribution in [0.5, 0.6) is 0 Å². The molecule has 0 bridgehead atoms. The van der Waals surface area contributed by atoms with Crippen LogP contribution in [-0.2, 0) is 0 Å². The number of fused-ring (bicyclic) bond motifs is 1. The zero-order valence-corrected chi connectivity index (χ0v) is 8.62. The second kappa shape index (κ2) is 3.64. The second-order valence-electron chi connectivity index (χ2n) is 3.44. The van der Waals surface area contributed by atoms with Crippen molar-refractivity contribution in [2.45, 2.75) is 0 Å². The highest BCUT2D eigenvalue weighted by Crippen LogP contribution is 2.16. The zero-order valence-electron chi connectivity index (χ0n) is 8.62. The van der Waals surface area contributed by atoms with Crippen molar-refractivity contribution in [3.8, 4) is 17.6 Å². The molecule has 0 fully saturated rings. The van der Waals surface area contributed by atoms with Crippen molar-refractivity contribution in [1.82, 2.24) is 25.4 Å². The predicted molar refractivity (Wildman–Crippen MR) is 59.6 cm³/mol. The molecule has 1 aromatic carbocycles. The molecule has 3 rings (SSSR count). The maximum atomic E-state index is 8.83. The average Bonchev–Trinajstić information content (AvgIpc) is 2.91. The lowest BCUT2D eigenvalue weighted by Gasteiger charge is -1.99. The van der Waals surface area contributed by atoms with E-state index in [-0.39, 0.29) is 0 Å². The second-order valence-corrected chi connectivity index (χ2v) is 3.44. The third-order valence-corrected chi connectivity index (χ3v) is 2.36. The maximum absolute atomic E-state index is 8.83. The molecule has 0 aliphatic rings. The van der Waals surface area contributed by atoms with E-state index in [9.17, 15) is 0 Å². The van der Waals surface area contributed by atoms with Crippen molar-refractivity contribution in [3.05, 3.63) is 36.2 Å². The summed E-state index contributed by atoms with van der Waals surface area (Å²) in [6.07, 6.45) is 3.32. The molecule has 2 heterocycles. The van der Waals surface area contributed by atoms with Crippen molar-refractivity contribution in [2.75, 3.05) is 0 Å². The van der Waals surface area contributed by atoms with Gasteiger partial charge >= 0.3 is 0 Å². The van der Waals surface area contributed by atoms with Crippen LogP contribution in [0.3, 0.4) is 0 Å². The Morgan fingerprint density at radius 1 is 1.29 bits per heavy atom. The van der Waals surface area contributed by atoms with Crippen LogP contribution >= 0.6 is 0 Å². The topological polar surface area (TPSA) is 91.1 Å². The number of nitriles is 1. The Balaban J connectivity index is 2.21. The predicted octanol–water partition coefficient (Wildman–Crippen LogP) is 1.29. The molecule has 6 nitrogen and oxygen atoms in total. The molecule has 0 aliphatic heterocycles. The Bertz CT molecular complexity index is 710. The van der Waals surface area contributed by atoms with E-state index >= 15 is 0 Å². The van der Waals surface area contributed by atoms with Crippen LogP contribution in [0.15, 0.2) is 30.6 Å². The lowest BCUT2D eigenvalue weighted by molar-refractivity contribution is 0.939. The fourth-order valence-electron chi connectivity index (χ4n) is 1.53. The van der Waals surface area contributed by atoms with Gasteiger partial charge in [0, 0.05) is 11.6 Å². The number of H-pyrrole nitrogens is 1. The molecular weight excluding hydrogens is 216 g/mol. The van der Waals surface area contributed by atoms with Gasteiger partial charge in [-0.15, -0.1) is 5.10 Å². The van der Waals surface area contributed by atoms with Crippen molar-refractivity contribution >= 4 is 10.9 Å². The summed E-state index contributed by atoms with van der Waals surface area (Å²) < 4.78 is 0. The van der Waals surface area contributed by atoms with Crippen molar-refractivity contribution in [3.63, 3.8) is 0 Å². The van der Waals surface area contributed by atoms with Gasteiger partial charge in [0.2, 0.25) is 0 Å². The van der Waals surface area contributed by atoms with E-state index in [4.69, 9.17) is 5.26 Å². The third-order valence-electron chi connectivity index (χ3n) is 2.36. The van der Waals surface area contributed by atoms with E-state index in [0.717, 1.165) is 10.9 Å². The quantitative estimate of drug-likeness (QED) is 0.669. The van der Waals surface area contributed by atoms with E-state index in [2.05, 4.69) is 31.4 Å². The Kier molecular flexibility index (Phi) is 2.02. The highest BCUT2D eigenvalue weighted by molar-refractivity contribution is 5.80. The monoisotopic (exact) mass is 222 g/mol. The molecule has 1 N–H and O–H groups in total. The Labute approximate surface area is 96.0 Å². The summed E-state index contributed by atoms with van der Waals surface area (Å²) in [7, 11) is 0. The van der Waals surface area contributed by atoms with Crippen molar-refractivity contribution < 1.29 is 0 Å². The lowest BCUT2D eigenvalue weighted by Crippen LogP contribution is -1.90. The summed E-state index contributed by atoms with van der Waals surface area (Å²) in [6, 6.07) is 7.36. The molecule has 6 heteroatoms. The standard InChI is InChI=1S/C11H6N6/c12-4-7-1-2-8-5-13-11(15-9(8)3-7)10-6-14-17-16-10/h1-3,5-6H,(H,14,16,17). The number of aromatic amines is 1. The number of aromatic nitrogens is 5. The van der Waals surface area contributed by atoms with Gasteiger partial charge in [-0.2, -0.15) is 5.26 Å². The van der Waals surface area contributed by atoms with Crippen molar-refractivity contribution in [1.29, 1.82) is 5.26 Å². The summed E-state index contributed by atoms with van der Waals surface area (Å²) in [5.41, 5.74) is 1.87. The summed E-state index contributed by atoms with van der Waals surface area (Å²) in [5.74, 6) is 0.487. The summed E-state index contributed by atoms with van der Waals surface area (Å²) in [5, 5.41) is 19.8. The van der Waals surface area contributed by atoms with Crippen LogP contribution in [0.2, 0.25) is 0 Å². The summed E-state index contributed by atoms with van der Waals surface area (Å²) >= 11 is 0. The van der Waals surface area contributed by atoms with Gasteiger partial charge in [0.25, 0.3) is 0 Å². The fraction of sp³-hybridized carbons (Fsp3) is 0. The van der Waals surface area contributed by atoms with E-state index in [1.807, 2.05) is 6.07 Å². The molecule has 2 aromatic heterocycles. The zero-order chi connectivity index (χ0) is 11.7. The first-order valence-electron chi connectivity index (χ1n) is 4.90. The largest absolute Gasteiger partial charge is 0.265 e. The van der Waals surface area contributed by atoms with Crippen LogP contribution in [0, 0.1) is 11.3 Å². The van der Waals surface area contributed by atoms with Crippen LogP contribution < -0.4 is 0 Å². The van der Waals surface area contributed by atoms with E-state index in [1.54, 1.807) is 24.5 Å². The number of nitrogens with one attached hydrogen (secondary N) is 1. The van der Waals surface area contributed by atoms with Gasteiger partial charge in [0.15, 0.2) is 5.82 Å². The first kappa shape index (κ1) is 9.42. The van der Waals surface area contributed by atoms with Gasteiger partial charge in [0.05, 0.1) is 23.3 Å². The van der Waals surface area contributed by atoms with Crippen LogP contribution in [-0.4, -0.2) is 25.4 Å². The SMILES string of the molecule is N#Cc1ccc2cnc(-c3c[nH]nn3)nc2c1. The molecule has 17 heavy (non-hydrogen) atoms. The molecule has 0 spiro atoms. The molecule has 0 saturated heterocycles.